The number of carbonyl (C=O) groups excluding carboxylic acids is 2. The summed E-state index contributed by atoms with van der Waals surface area (Å²) in [5, 5.41) is 3.67. The van der Waals surface area contributed by atoms with Gasteiger partial charge in [-0.2, -0.15) is 0 Å². The van der Waals surface area contributed by atoms with Gasteiger partial charge < -0.3 is 10.1 Å². The normalized spacial score (nSPS) is 10.5. The lowest BCUT2D eigenvalue weighted by molar-refractivity contribution is -0.147. The lowest BCUT2D eigenvalue weighted by atomic mass is 10.2. The maximum Gasteiger partial charge on any atom is 0.325 e. The van der Waals surface area contributed by atoms with E-state index in [1.165, 1.54) is 11.8 Å². The molecule has 21 heavy (non-hydrogen) atoms. The molecular weight excluding hydrogens is 333 g/mol. The molecule has 0 radical (unpaired) electrons. The van der Waals surface area contributed by atoms with Gasteiger partial charge in [0, 0.05) is 15.8 Å². The summed E-state index contributed by atoms with van der Waals surface area (Å²) in [5.74, 6) is 0.184. The summed E-state index contributed by atoms with van der Waals surface area (Å²) in [6.07, 6.45) is -0.184. The average molecular weight is 350 g/mol. The van der Waals surface area contributed by atoms with Crippen molar-refractivity contribution < 1.29 is 14.3 Å². The summed E-state index contributed by atoms with van der Waals surface area (Å²) in [6.45, 7) is 3.40. The highest BCUT2D eigenvalue weighted by atomic mass is 35.5. The first-order valence-electron chi connectivity index (χ1n) is 6.36. The van der Waals surface area contributed by atoms with Gasteiger partial charge in [-0.15, -0.1) is 11.8 Å². The number of ether oxygens (including phenoxy) is 1. The highest BCUT2D eigenvalue weighted by Crippen LogP contribution is 2.24. The van der Waals surface area contributed by atoms with Crippen LogP contribution in [0.15, 0.2) is 18.2 Å². The standard InChI is InChI=1S/C14H17Cl2NO3S/c1-9(2)20-14(19)6-17-13(18)8-21-7-10-3-4-11(15)5-12(10)16/h3-5,9H,6-8H2,1-2H3,(H,17,18). The predicted octanol–water partition coefficient (Wildman–Crippen LogP) is 3.29. The minimum Gasteiger partial charge on any atom is -0.462 e. The number of amides is 1. The van der Waals surface area contributed by atoms with E-state index in [4.69, 9.17) is 27.9 Å². The first kappa shape index (κ1) is 18.1. The lowest BCUT2D eigenvalue weighted by Crippen LogP contribution is -2.32. The summed E-state index contributed by atoms with van der Waals surface area (Å²) < 4.78 is 4.91. The van der Waals surface area contributed by atoms with Crippen molar-refractivity contribution in [2.75, 3.05) is 12.3 Å². The molecule has 0 unspecified atom stereocenters. The van der Waals surface area contributed by atoms with E-state index in [1.54, 1.807) is 26.0 Å². The molecule has 0 heterocycles. The Balaban J connectivity index is 2.26. The molecule has 0 spiro atoms. The molecule has 0 aromatic heterocycles. The summed E-state index contributed by atoms with van der Waals surface area (Å²) in [7, 11) is 0. The van der Waals surface area contributed by atoms with E-state index in [2.05, 4.69) is 5.32 Å². The zero-order valence-electron chi connectivity index (χ0n) is 11.8. The van der Waals surface area contributed by atoms with Crippen molar-refractivity contribution in [3.63, 3.8) is 0 Å². The largest absolute Gasteiger partial charge is 0.462 e. The van der Waals surface area contributed by atoms with Gasteiger partial charge in [0.25, 0.3) is 0 Å². The molecule has 0 fully saturated rings. The number of thioether (sulfide) groups is 1. The van der Waals surface area contributed by atoms with E-state index in [0.717, 1.165) is 5.56 Å². The maximum atomic E-state index is 11.6. The Bertz CT molecular complexity index is 509. The van der Waals surface area contributed by atoms with Crippen molar-refractivity contribution >= 4 is 46.8 Å². The first-order chi connectivity index (χ1) is 9.88. The molecule has 0 saturated carbocycles. The molecule has 0 aliphatic rings. The van der Waals surface area contributed by atoms with Crippen LogP contribution in [0.5, 0.6) is 0 Å². The van der Waals surface area contributed by atoms with E-state index >= 15 is 0 Å². The summed E-state index contributed by atoms with van der Waals surface area (Å²) >= 11 is 13.3. The smallest absolute Gasteiger partial charge is 0.325 e. The third-order valence-electron chi connectivity index (χ3n) is 2.30. The van der Waals surface area contributed by atoms with Gasteiger partial charge in [-0.05, 0) is 31.5 Å². The Labute approximate surface area is 138 Å². The van der Waals surface area contributed by atoms with Gasteiger partial charge in [0.2, 0.25) is 5.91 Å². The second-order valence-electron chi connectivity index (χ2n) is 4.54. The quantitative estimate of drug-likeness (QED) is 0.767. The molecule has 1 amide bonds. The maximum absolute atomic E-state index is 11.6. The van der Waals surface area contributed by atoms with E-state index in [9.17, 15) is 9.59 Å². The number of esters is 1. The molecule has 1 rings (SSSR count). The van der Waals surface area contributed by atoms with Crippen molar-refractivity contribution in [1.29, 1.82) is 0 Å². The lowest BCUT2D eigenvalue weighted by Gasteiger charge is -2.09. The molecule has 1 N–H and O–H groups in total. The van der Waals surface area contributed by atoms with Crippen molar-refractivity contribution in [3.8, 4) is 0 Å². The third-order valence-corrected chi connectivity index (χ3v) is 3.87. The van der Waals surface area contributed by atoms with Crippen LogP contribution >= 0.6 is 35.0 Å². The third kappa shape index (κ3) is 7.60. The van der Waals surface area contributed by atoms with Crippen LogP contribution in [0.1, 0.15) is 19.4 Å². The number of carbonyl (C=O) groups is 2. The predicted molar refractivity (Wildman–Crippen MR) is 86.9 cm³/mol. The summed E-state index contributed by atoms with van der Waals surface area (Å²) in [6, 6.07) is 5.25. The zero-order valence-corrected chi connectivity index (χ0v) is 14.1. The molecule has 0 saturated heterocycles. The first-order valence-corrected chi connectivity index (χ1v) is 8.27. The van der Waals surface area contributed by atoms with Crippen LogP contribution in [-0.2, 0) is 20.1 Å². The van der Waals surface area contributed by atoms with Crippen molar-refractivity contribution in [1.82, 2.24) is 5.32 Å². The Morgan fingerprint density at radius 2 is 2.05 bits per heavy atom. The van der Waals surface area contributed by atoms with Gasteiger partial charge in [-0.25, -0.2) is 0 Å². The molecule has 1 aromatic rings. The molecule has 1 aromatic carbocycles. The molecule has 0 aliphatic carbocycles. The Morgan fingerprint density at radius 1 is 1.33 bits per heavy atom. The van der Waals surface area contributed by atoms with E-state index in [0.29, 0.717) is 15.8 Å². The van der Waals surface area contributed by atoms with Crippen LogP contribution in [-0.4, -0.2) is 30.3 Å². The highest BCUT2D eigenvalue weighted by Gasteiger charge is 2.09. The van der Waals surface area contributed by atoms with Gasteiger partial charge in [0.15, 0.2) is 0 Å². The van der Waals surface area contributed by atoms with E-state index in [-0.39, 0.29) is 24.3 Å². The molecule has 4 nitrogen and oxygen atoms in total. The fourth-order valence-corrected chi connectivity index (χ4v) is 2.83. The van der Waals surface area contributed by atoms with Crippen molar-refractivity contribution in [2.24, 2.45) is 0 Å². The summed E-state index contributed by atoms with van der Waals surface area (Å²) in [4.78, 5) is 22.8. The topological polar surface area (TPSA) is 55.4 Å². The van der Waals surface area contributed by atoms with Crippen LogP contribution in [0, 0.1) is 0 Å². The monoisotopic (exact) mass is 349 g/mol. The van der Waals surface area contributed by atoms with E-state index < -0.39 is 5.97 Å². The van der Waals surface area contributed by atoms with Gasteiger partial charge in [0.05, 0.1) is 11.9 Å². The van der Waals surface area contributed by atoms with Crippen LogP contribution < -0.4 is 5.32 Å². The van der Waals surface area contributed by atoms with Gasteiger partial charge in [0.1, 0.15) is 6.54 Å². The number of nitrogens with one attached hydrogen (secondary N) is 1. The molecule has 116 valence electrons. The minimum atomic E-state index is -0.441. The van der Waals surface area contributed by atoms with Crippen molar-refractivity contribution in [2.45, 2.75) is 25.7 Å². The van der Waals surface area contributed by atoms with Crippen LogP contribution in [0.4, 0.5) is 0 Å². The minimum absolute atomic E-state index is 0.112. The fourth-order valence-electron chi connectivity index (χ4n) is 1.42. The van der Waals surface area contributed by atoms with Gasteiger partial charge in [-0.3, -0.25) is 9.59 Å². The number of benzene rings is 1. The molecular formula is C14H17Cl2NO3S. The highest BCUT2D eigenvalue weighted by molar-refractivity contribution is 7.99. The van der Waals surface area contributed by atoms with Crippen LogP contribution in [0.2, 0.25) is 10.0 Å². The number of hydrogen-bond donors (Lipinski definition) is 1. The van der Waals surface area contributed by atoms with Gasteiger partial charge >= 0.3 is 5.97 Å². The van der Waals surface area contributed by atoms with Crippen molar-refractivity contribution in [3.05, 3.63) is 33.8 Å². The Morgan fingerprint density at radius 3 is 2.67 bits per heavy atom. The van der Waals surface area contributed by atoms with Crippen LogP contribution in [0.3, 0.4) is 0 Å². The molecule has 7 heteroatoms. The number of halogens is 2. The second-order valence-corrected chi connectivity index (χ2v) is 6.37. The van der Waals surface area contributed by atoms with E-state index in [1.807, 2.05) is 6.07 Å². The SMILES string of the molecule is CC(C)OC(=O)CNC(=O)CSCc1ccc(Cl)cc1Cl. The van der Waals surface area contributed by atoms with Gasteiger partial charge in [-0.1, -0.05) is 29.3 Å². The zero-order chi connectivity index (χ0) is 15.8. The molecule has 0 aliphatic heterocycles. The molecule has 0 atom stereocenters. The van der Waals surface area contributed by atoms with Crippen LogP contribution in [0.25, 0.3) is 0 Å². The second kappa shape index (κ2) is 9.18. The fraction of sp³-hybridized carbons (Fsp3) is 0.429. The number of hydrogen-bond acceptors (Lipinski definition) is 4. The number of rotatable bonds is 7. The Kier molecular flexibility index (Phi) is 7.93. The summed E-state index contributed by atoms with van der Waals surface area (Å²) in [5.41, 5.74) is 0.915. The molecule has 0 bridgehead atoms. The Hall–Kier alpha value is -0.910. The average Bonchev–Trinajstić information content (AvgIpc) is 2.38.